The Morgan fingerprint density at radius 1 is 0.487 bits per heavy atom. The zero-order valence-electron chi connectivity index (χ0n) is 20.8. The Morgan fingerprint density at radius 3 is 1.28 bits per heavy atom. The van der Waals surface area contributed by atoms with Gasteiger partial charge >= 0.3 is 0 Å². The second-order valence-electron chi connectivity index (χ2n) is 8.59. The first kappa shape index (κ1) is 29.1. The van der Waals surface area contributed by atoms with Gasteiger partial charge in [0.15, 0.2) is 7.26 Å². The standard InChI is InChI=1S/C33H24Cl3NP.ClH/c34-27-23-21-25(22-24-27)31(35)33(37-32(36)26-13-5-1-6-14-26)38(28-15-7-2-8-16-28,29-17-9-3-10-18-29)30-19-11-4-12-20-30;/h1-24H;1H/q+1;/p-1/b33-31+,37-32-;. The first-order valence-corrected chi connectivity index (χ1v) is 15.0. The zero-order chi connectivity index (χ0) is 26.4. The molecule has 0 amide bonds. The molecule has 5 aromatic carbocycles. The quantitative estimate of drug-likeness (QED) is 0.162. The molecule has 1 nitrogen and oxygen atoms in total. The van der Waals surface area contributed by atoms with Crippen LogP contribution in [-0.4, -0.2) is 5.17 Å². The molecule has 0 radical (unpaired) electrons. The summed E-state index contributed by atoms with van der Waals surface area (Å²) in [7, 11) is -2.63. The van der Waals surface area contributed by atoms with Gasteiger partial charge in [0.2, 0.25) is 5.44 Å². The topological polar surface area (TPSA) is 12.4 Å². The van der Waals surface area contributed by atoms with Crippen LogP contribution in [0.25, 0.3) is 5.03 Å². The average Bonchev–Trinajstić information content (AvgIpc) is 2.99. The van der Waals surface area contributed by atoms with E-state index in [-0.39, 0.29) is 12.4 Å². The van der Waals surface area contributed by atoms with Gasteiger partial charge in [-0.2, -0.15) is 4.99 Å². The molecule has 5 rings (SSSR count). The molecule has 39 heavy (non-hydrogen) atoms. The van der Waals surface area contributed by atoms with Crippen LogP contribution in [-0.2, 0) is 0 Å². The largest absolute Gasteiger partial charge is 1.00 e. The fourth-order valence-corrected chi connectivity index (χ4v) is 9.60. The number of hydrogen-bond acceptors (Lipinski definition) is 1. The highest BCUT2D eigenvalue weighted by Gasteiger charge is 2.52. The van der Waals surface area contributed by atoms with Crippen molar-refractivity contribution >= 4 is 68.2 Å². The van der Waals surface area contributed by atoms with E-state index < -0.39 is 7.26 Å². The van der Waals surface area contributed by atoms with Gasteiger partial charge in [-0.15, -0.1) is 0 Å². The number of aliphatic imine (C=N–C) groups is 1. The second kappa shape index (κ2) is 13.4. The number of benzene rings is 5. The van der Waals surface area contributed by atoms with Crippen molar-refractivity contribution in [3.63, 3.8) is 0 Å². The Kier molecular flexibility index (Phi) is 10.0. The fraction of sp³-hybridized carbons (Fsp3) is 0. The highest BCUT2D eigenvalue weighted by Crippen LogP contribution is 2.65. The normalized spacial score (nSPS) is 12.3. The molecule has 0 aromatic heterocycles. The lowest BCUT2D eigenvalue weighted by atomic mass is 10.2. The summed E-state index contributed by atoms with van der Waals surface area (Å²) in [4.78, 5) is 5.19. The Hall–Kier alpha value is -2.90. The third-order valence-electron chi connectivity index (χ3n) is 6.26. The number of nitrogens with zero attached hydrogens (tertiary/aromatic N) is 1. The maximum absolute atomic E-state index is 7.39. The van der Waals surface area contributed by atoms with Crippen molar-refractivity contribution in [2.24, 2.45) is 4.99 Å². The van der Waals surface area contributed by atoms with Crippen LogP contribution in [0.3, 0.4) is 0 Å². The Morgan fingerprint density at radius 2 is 0.872 bits per heavy atom. The van der Waals surface area contributed by atoms with Gasteiger partial charge in [0, 0.05) is 10.6 Å². The van der Waals surface area contributed by atoms with Gasteiger partial charge in [0.05, 0.1) is 0 Å². The van der Waals surface area contributed by atoms with E-state index >= 15 is 0 Å². The SMILES string of the molecule is Cl/C(=N\C(=C(/Cl)c1ccc(Cl)cc1)[P+](c1ccccc1)(c1ccccc1)c1ccccc1)c1ccccc1.[Cl-]. The lowest BCUT2D eigenvalue weighted by Crippen LogP contribution is -3.00. The van der Waals surface area contributed by atoms with Gasteiger partial charge in [-0.1, -0.05) is 132 Å². The van der Waals surface area contributed by atoms with Crippen molar-refractivity contribution in [1.29, 1.82) is 0 Å². The second-order valence-corrected chi connectivity index (χ2v) is 13.1. The zero-order valence-corrected chi connectivity index (χ0v) is 24.7. The van der Waals surface area contributed by atoms with Crippen LogP contribution in [0.15, 0.2) is 156 Å². The maximum Gasteiger partial charge on any atom is 0.218 e. The van der Waals surface area contributed by atoms with E-state index in [0.29, 0.717) is 15.2 Å². The summed E-state index contributed by atoms with van der Waals surface area (Å²) >= 11 is 20.6. The average molecular weight is 607 g/mol. The van der Waals surface area contributed by atoms with Gasteiger partial charge in [0.1, 0.15) is 26.1 Å². The van der Waals surface area contributed by atoms with Crippen molar-refractivity contribution in [3.05, 3.63) is 167 Å². The highest BCUT2D eigenvalue weighted by molar-refractivity contribution is 7.99. The van der Waals surface area contributed by atoms with Gasteiger partial charge in [-0.3, -0.25) is 0 Å². The summed E-state index contributed by atoms with van der Waals surface area (Å²) in [5.41, 5.74) is 2.36. The van der Waals surface area contributed by atoms with Crippen molar-refractivity contribution < 1.29 is 12.4 Å². The molecular formula is C33H24Cl4NP. The van der Waals surface area contributed by atoms with Gasteiger partial charge in [-0.05, 0) is 54.1 Å². The molecule has 194 valence electrons. The molecule has 0 saturated carbocycles. The van der Waals surface area contributed by atoms with E-state index in [1.807, 2.05) is 72.8 Å². The predicted molar refractivity (Wildman–Crippen MR) is 168 cm³/mol. The van der Waals surface area contributed by atoms with E-state index in [1.165, 1.54) is 0 Å². The molecule has 0 atom stereocenters. The summed E-state index contributed by atoms with van der Waals surface area (Å²) in [6, 6.07) is 48.7. The molecule has 5 aromatic rings. The summed E-state index contributed by atoms with van der Waals surface area (Å²) in [6.45, 7) is 0. The monoisotopic (exact) mass is 605 g/mol. The minimum Gasteiger partial charge on any atom is -1.00 e. The lowest BCUT2D eigenvalue weighted by molar-refractivity contribution is -0.00000700. The minimum absolute atomic E-state index is 0. The van der Waals surface area contributed by atoms with Gasteiger partial charge in [-0.25, -0.2) is 0 Å². The lowest BCUT2D eigenvalue weighted by Gasteiger charge is -2.28. The summed E-state index contributed by atoms with van der Waals surface area (Å²) in [5.74, 6) is 0. The number of hydrogen-bond donors (Lipinski definition) is 0. The van der Waals surface area contributed by atoms with Crippen LogP contribution in [0.2, 0.25) is 5.02 Å². The third kappa shape index (κ3) is 6.15. The molecule has 0 spiro atoms. The summed E-state index contributed by atoms with van der Waals surface area (Å²) in [5, 5.41) is 4.92. The van der Waals surface area contributed by atoms with Crippen molar-refractivity contribution in [3.8, 4) is 0 Å². The molecule has 0 N–H and O–H groups in total. The Balaban J connectivity index is 0.00000353. The van der Waals surface area contributed by atoms with Crippen LogP contribution < -0.4 is 28.3 Å². The van der Waals surface area contributed by atoms with Crippen molar-refractivity contribution in [2.75, 3.05) is 0 Å². The Bertz CT molecular complexity index is 1460. The first-order chi connectivity index (χ1) is 18.6. The third-order valence-corrected chi connectivity index (χ3v) is 11.5. The fourth-order valence-electron chi connectivity index (χ4n) is 4.50. The molecule has 0 aliphatic carbocycles. The molecule has 0 saturated heterocycles. The summed E-state index contributed by atoms with van der Waals surface area (Å²) in [6.07, 6.45) is 0. The van der Waals surface area contributed by atoms with E-state index in [0.717, 1.165) is 32.5 Å². The van der Waals surface area contributed by atoms with Crippen LogP contribution in [0.4, 0.5) is 0 Å². The van der Waals surface area contributed by atoms with Crippen LogP contribution in [0.5, 0.6) is 0 Å². The number of rotatable bonds is 7. The molecule has 0 fully saturated rings. The predicted octanol–water partition coefficient (Wildman–Crippen LogP) is 5.89. The van der Waals surface area contributed by atoms with Gasteiger partial charge < -0.3 is 12.4 Å². The Labute approximate surface area is 251 Å². The molecule has 0 aliphatic rings. The highest BCUT2D eigenvalue weighted by atomic mass is 35.5. The molecule has 6 heteroatoms. The van der Waals surface area contributed by atoms with E-state index in [1.54, 1.807) is 0 Å². The van der Waals surface area contributed by atoms with Crippen LogP contribution >= 0.6 is 42.1 Å². The molecular weight excluding hydrogens is 583 g/mol. The van der Waals surface area contributed by atoms with Crippen LogP contribution in [0, 0.1) is 0 Å². The van der Waals surface area contributed by atoms with E-state index in [2.05, 4.69) is 72.8 Å². The molecule has 0 bridgehead atoms. The van der Waals surface area contributed by atoms with Crippen molar-refractivity contribution in [1.82, 2.24) is 0 Å². The summed E-state index contributed by atoms with van der Waals surface area (Å²) < 4.78 is 0. The molecule has 0 heterocycles. The van der Waals surface area contributed by atoms with Crippen LogP contribution in [0.1, 0.15) is 11.1 Å². The molecule has 0 unspecified atom stereocenters. The van der Waals surface area contributed by atoms with E-state index in [9.17, 15) is 0 Å². The van der Waals surface area contributed by atoms with Crippen molar-refractivity contribution in [2.45, 2.75) is 0 Å². The minimum atomic E-state index is -2.63. The van der Waals surface area contributed by atoms with E-state index in [4.69, 9.17) is 39.8 Å². The molecule has 0 aliphatic heterocycles. The van der Waals surface area contributed by atoms with Gasteiger partial charge in [0.25, 0.3) is 0 Å². The smallest absolute Gasteiger partial charge is 0.218 e. The maximum atomic E-state index is 7.39. The first-order valence-electron chi connectivity index (χ1n) is 12.1. The number of halogens is 4.